The lowest BCUT2D eigenvalue weighted by Crippen LogP contribution is -1.85. The zero-order valence-corrected chi connectivity index (χ0v) is 9.55. The van der Waals surface area contributed by atoms with Gasteiger partial charge in [-0.15, -0.1) is 0 Å². The number of rotatable bonds is 1. The van der Waals surface area contributed by atoms with Crippen LogP contribution in [0.1, 0.15) is 11.1 Å². The van der Waals surface area contributed by atoms with Crippen LogP contribution < -0.4 is 0 Å². The smallest absolute Gasteiger partial charge is 0.0464 e. The molecule has 0 radical (unpaired) electrons. The highest BCUT2D eigenvalue weighted by Crippen LogP contribution is 2.27. The summed E-state index contributed by atoms with van der Waals surface area (Å²) in [6.07, 6.45) is 3.64. The Labute approximate surface area is 94.7 Å². The van der Waals surface area contributed by atoms with E-state index in [0.717, 1.165) is 21.7 Å². The quantitative estimate of drug-likeness (QED) is 0.703. The van der Waals surface area contributed by atoms with Crippen molar-refractivity contribution in [1.29, 1.82) is 0 Å². The molecule has 0 saturated carbocycles. The molecule has 2 rings (SSSR count). The van der Waals surface area contributed by atoms with Gasteiger partial charge in [0.2, 0.25) is 0 Å². The standard InChI is InChI=1S/C13H12ClN/c1-9-6-12(7-10(2)13(9)14)11-4-3-5-15-8-11/h3-8H,1-2H3. The van der Waals surface area contributed by atoms with E-state index in [-0.39, 0.29) is 0 Å². The lowest BCUT2D eigenvalue weighted by molar-refractivity contribution is 1.32. The van der Waals surface area contributed by atoms with Crippen molar-refractivity contribution in [3.8, 4) is 11.1 Å². The maximum atomic E-state index is 6.12. The summed E-state index contributed by atoms with van der Waals surface area (Å²) in [7, 11) is 0. The zero-order valence-electron chi connectivity index (χ0n) is 8.79. The number of halogens is 1. The predicted octanol–water partition coefficient (Wildman–Crippen LogP) is 4.02. The van der Waals surface area contributed by atoms with E-state index in [0.29, 0.717) is 0 Å². The fourth-order valence-electron chi connectivity index (χ4n) is 1.65. The Balaban J connectivity index is 2.56. The summed E-state index contributed by atoms with van der Waals surface area (Å²) in [6.45, 7) is 4.05. The molecule has 76 valence electrons. The Bertz CT molecular complexity index is 454. The van der Waals surface area contributed by atoms with E-state index in [1.807, 2.05) is 26.1 Å². The third-order valence-corrected chi connectivity index (χ3v) is 3.03. The number of aryl methyl sites for hydroxylation is 2. The summed E-state index contributed by atoms with van der Waals surface area (Å²) in [5.41, 5.74) is 4.51. The molecule has 2 heteroatoms. The molecule has 0 aliphatic rings. The fraction of sp³-hybridized carbons (Fsp3) is 0.154. The molecule has 1 aromatic heterocycles. The molecule has 1 nitrogen and oxygen atoms in total. The maximum Gasteiger partial charge on any atom is 0.0464 e. The number of nitrogens with zero attached hydrogens (tertiary/aromatic N) is 1. The Morgan fingerprint density at radius 2 is 1.73 bits per heavy atom. The highest BCUT2D eigenvalue weighted by molar-refractivity contribution is 6.32. The first-order chi connectivity index (χ1) is 7.18. The van der Waals surface area contributed by atoms with Crippen LogP contribution in [0.4, 0.5) is 0 Å². The number of benzene rings is 1. The first-order valence-corrected chi connectivity index (χ1v) is 5.23. The number of pyridine rings is 1. The molecule has 0 aliphatic heterocycles. The second kappa shape index (κ2) is 4.03. The van der Waals surface area contributed by atoms with Gasteiger partial charge in [0.15, 0.2) is 0 Å². The second-order valence-corrected chi connectivity index (χ2v) is 4.04. The van der Waals surface area contributed by atoms with Crippen molar-refractivity contribution in [1.82, 2.24) is 4.98 Å². The Hall–Kier alpha value is -1.34. The highest BCUT2D eigenvalue weighted by atomic mass is 35.5. The van der Waals surface area contributed by atoms with Crippen LogP contribution in [0.2, 0.25) is 5.02 Å². The summed E-state index contributed by atoms with van der Waals surface area (Å²) in [4.78, 5) is 4.11. The van der Waals surface area contributed by atoms with Crippen molar-refractivity contribution in [2.75, 3.05) is 0 Å². The average molecular weight is 218 g/mol. The first kappa shape index (κ1) is 10.2. The van der Waals surface area contributed by atoms with Crippen LogP contribution in [0, 0.1) is 13.8 Å². The Morgan fingerprint density at radius 3 is 2.27 bits per heavy atom. The normalized spacial score (nSPS) is 10.3. The SMILES string of the molecule is Cc1cc(-c2cccnc2)cc(C)c1Cl. The van der Waals surface area contributed by atoms with Crippen LogP contribution in [0.3, 0.4) is 0 Å². The molecule has 0 amide bonds. The number of hydrogen-bond acceptors (Lipinski definition) is 1. The maximum absolute atomic E-state index is 6.12. The number of hydrogen-bond donors (Lipinski definition) is 0. The van der Waals surface area contributed by atoms with E-state index >= 15 is 0 Å². The van der Waals surface area contributed by atoms with Crippen molar-refractivity contribution in [2.24, 2.45) is 0 Å². The molecular weight excluding hydrogens is 206 g/mol. The highest BCUT2D eigenvalue weighted by Gasteiger charge is 2.04. The molecule has 15 heavy (non-hydrogen) atoms. The van der Waals surface area contributed by atoms with Crippen molar-refractivity contribution < 1.29 is 0 Å². The van der Waals surface area contributed by atoms with Gasteiger partial charge in [0, 0.05) is 23.0 Å². The van der Waals surface area contributed by atoms with Gasteiger partial charge in [0.1, 0.15) is 0 Å². The van der Waals surface area contributed by atoms with Crippen molar-refractivity contribution >= 4 is 11.6 Å². The molecular formula is C13H12ClN. The van der Waals surface area contributed by atoms with Gasteiger partial charge in [-0.25, -0.2) is 0 Å². The van der Waals surface area contributed by atoms with Crippen LogP contribution in [0.25, 0.3) is 11.1 Å². The monoisotopic (exact) mass is 217 g/mol. The molecule has 1 aromatic carbocycles. The minimum atomic E-state index is 0.850. The van der Waals surface area contributed by atoms with E-state index in [1.54, 1.807) is 6.20 Å². The van der Waals surface area contributed by atoms with Gasteiger partial charge in [-0.3, -0.25) is 4.98 Å². The minimum Gasteiger partial charge on any atom is -0.264 e. The third-order valence-electron chi connectivity index (χ3n) is 2.43. The molecule has 0 unspecified atom stereocenters. The molecule has 1 heterocycles. The van der Waals surface area contributed by atoms with Crippen molar-refractivity contribution in [2.45, 2.75) is 13.8 Å². The largest absolute Gasteiger partial charge is 0.264 e. The fourth-order valence-corrected chi connectivity index (χ4v) is 1.76. The summed E-state index contributed by atoms with van der Waals surface area (Å²) >= 11 is 6.12. The van der Waals surface area contributed by atoms with Crippen LogP contribution >= 0.6 is 11.6 Å². The molecule has 0 spiro atoms. The lowest BCUT2D eigenvalue weighted by atomic mass is 10.0. The summed E-state index contributed by atoms with van der Waals surface area (Å²) in [6, 6.07) is 8.17. The molecule has 2 aromatic rings. The van der Waals surface area contributed by atoms with Crippen LogP contribution in [0.15, 0.2) is 36.7 Å². The summed E-state index contributed by atoms with van der Waals surface area (Å²) in [5, 5.41) is 0.850. The second-order valence-electron chi connectivity index (χ2n) is 3.67. The van der Waals surface area contributed by atoms with Crippen LogP contribution in [0.5, 0.6) is 0 Å². The van der Waals surface area contributed by atoms with Gasteiger partial charge in [0.25, 0.3) is 0 Å². The molecule has 0 saturated heterocycles. The average Bonchev–Trinajstić information content (AvgIpc) is 2.26. The first-order valence-electron chi connectivity index (χ1n) is 4.85. The van der Waals surface area contributed by atoms with Crippen LogP contribution in [-0.2, 0) is 0 Å². The molecule has 0 N–H and O–H groups in total. The summed E-state index contributed by atoms with van der Waals surface area (Å²) in [5.74, 6) is 0. The third kappa shape index (κ3) is 2.02. The van der Waals surface area contributed by atoms with E-state index in [9.17, 15) is 0 Å². The Kier molecular flexibility index (Phi) is 2.74. The topological polar surface area (TPSA) is 12.9 Å². The van der Waals surface area contributed by atoms with Gasteiger partial charge < -0.3 is 0 Å². The van der Waals surface area contributed by atoms with E-state index in [4.69, 9.17) is 11.6 Å². The molecule has 0 bridgehead atoms. The number of aromatic nitrogens is 1. The molecule has 0 fully saturated rings. The lowest BCUT2D eigenvalue weighted by Gasteiger charge is -2.07. The van der Waals surface area contributed by atoms with Crippen LogP contribution in [-0.4, -0.2) is 4.98 Å². The zero-order chi connectivity index (χ0) is 10.8. The van der Waals surface area contributed by atoms with Gasteiger partial charge >= 0.3 is 0 Å². The van der Waals surface area contributed by atoms with E-state index < -0.39 is 0 Å². The van der Waals surface area contributed by atoms with Crippen molar-refractivity contribution in [3.63, 3.8) is 0 Å². The summed E-state index contributed by atoms with van der Waals surface area (Å²) < 4.78 is 0. The van der Waals surface area contributed by atoms with E-state index in [2.05, 4.69) is 23.2 Å². The van der Waals surface area contributed by atoms with Gasteiger partial charge in [-0.2, -0.15) is 0 Å². The van der Waals surface area contributed by atoms with E-state index in [1.165, 1.54) is 5.56 Å². The molecule has 0 aliphatic carbocycles. The van der Waals surface area contributed by atoms with Gasteiger partial charge in [-0.1, -0.05) is 17.7 Å². The van der Waals surface area contributed by atoms with Gasteiger partial charge in [0.05, 0.1) is 0 Å². The van der Waals surface area contributed by atoms with Crippen molar-refractivity contribution in [3.05, 3.63) is 52.8 Å². The predicted molar refractivity (Wildman–Crippen MR) is 64.2 cm³/mol. The Morgan fingerprint density at radius 1 is 1.07 bits per heavy atom. The minimum absolute atomic E-state index is 0.850. The molecule has 0 atom stereocenters. The van der Waals surface area contributed by atoms with Gasteiger partial charge in [-0.05, 0) is 48.7 Å².